The number of hydrogen-bond donors (Lipinski definition) is 2. The SMILES string of the molecule is CCCc1cn(C)c(C(N)=O)c1N. The molecule has 1 aromatic heterocycles. The third kappa shape index (κ3) is 1.66. The van der Waals surface area contributed by atoms with E-state index in [-0.39, 0.29) is 0 Å². The third-order valence-electron chi connectivity index (χ3n) is 2.06. The quantitative estimate of drug-likeness (QED) is 0.718. The van der Waals surface area contributed by atoms with Crippen LogP contribution in [0.3, 0.4) is 0 Å². The molecule has 72 valence electrons. The van der Waals surface area contributed by atoms with Crippen LogP contribution in [0.2, 0.25) is 0 Å². The van der Waals surface area contributed by atoms with Crippen LogP contribution in [0.4, 0.5) is 5.69 Å². The summed E-state index contributed by atoms with van der Waals surface area (Å²) >= 11 is 0. The van der Waals surface area contributed by atoms with E-state index in [1.807, 2.05) is 6.20 Å². The van der Waals surface area contributed by atoms with E-state index in [2.05, 4.69) is 6.92 Å². The van der Waals surface area contributed by atoms with E-state index in [1.54, 1.807) is 11.6 Å². The molecule has 0 saturated heterocycles. The van der Waals surface area contributed by atoms with Gasteiger partial charge < -0.3 is 16.0 Å². The number of anilines is 1. The van der Waals surface area contributed by atoms with Crippen molar-refractivity contribution in [3.63, 3.8) is 0 Å². The molecule has 4 N–H and O–H groups in total. The van der Waals surface area contributed by atoms with E-state index in [4.69, 9.17) is 11.5 Å². The second-order valence-corrected chi connectivity index (χ2v) is 3.14. The number of carbonyl (C=O) groups is 1. The van der Waals surface area contributed by atoms with Crippen molar-refractivity contribution in [3.05, 3.63) is 17.5 Å². The Bertz CT molecular complexity index is 328. The highest BCUT2D eigenvalue weighted by atomic mass is 16.1. The molecular weight excluding hydrogens is 166 g/mol. The predicted octanol–water partition coefficient (Wildman–Crippen LogP) is 0.659. The van der Waals surface area contributed by atoms with Crippen molar-refractivity contribution in [3.8, 4) is 0 Å². The average Bonchev–Trinajstić information content (AvgIpc) is 2.28. The van der Waals surface area contributed by atoms with Crippen LogP contribution in [0.25, 0.3) is 0 Å². The molecule has 0 aliphatic rings. The zero-order valence-electron chi connectivity index (χ0n) is 8.00. The minimum Gasteiger partial charge on any atom is -0.397 e. The third-order valence-corrected chi connectivity index (χ3v) is 2.06. The number of nitrogens with two attached hydrogens (primary N) is 2. The molecule has 0 unspecified atom stereocenters. The van der Waals surface area contributed by atoms with E-state index in [9.17, 15) is 4.79 Å². The molecule has 0 fully saturated rings. The van der Waals surface area contributed by atoms with Crippen LogP contribution in [0.1, 0.15) is 29.4 Å². The summed E-state index contributed by atoms with van der Waals surface area (Å²) in [7, 11) is 1.77. The molecular formula is C9H15N3O. The fourth-order valence-electron chi connectivity index (χ4n) is 1.49. The van der Waals surface area contributed by atoms with E-state index < -0.39 is 5.91 Å². The highest BCUT2D eigenvalue weighted by Gasteiger charge is 2.14. The Morgan fingerprint density at radius 2 is 2.23 bits per heavy atom. The van der Waals surface area contributed by atoms with Crippen LogP contribution in [-0.4, -0.2) is 10.5 Å². The Morgan fingerprint density at radius 3 is 2.62 bits per heavy atom. The lowest BCUT2D eigenvalue weighted by molar-refractivity contribution is 0.0993. The number of aromatic nitrogens is 1. The number of aryl methyl sites for hydroxylation is 2. The van der Waals surface area contributed by atoms with Gasteiger partial charge in [-0.1, -0.05) is 13.3 Å². The fraction of sp³-hybridized carbons (Fsp3) is 0.444. The van der Waals surface area contributed by atoms with Crippen LogP contribution in [0, 0.1) is 0 Å². The second-order valence-electron chi connectivity index (χ2n) is 3.14. The first-order valence-corrected chi connectivity index (χ1v) is 4.31. The van der Waals surface area contributed by atoms with Crippen LogP contribution in [0.5, 0.6) is 0 Å². The maximum absolute atomic E-state index is 11.0. The monoisotopic (exact) mass is 181 g/mol. The van der Waals surface area contributed by atoms with Crippen LogP contribution in [-0.2, 0) is 13.5 Å². The molecule has 4 heteroatoms. The normalized spacial score (nSPS) is 10.3. The van der Waals surface area contributed by atoms with E-state index in [0.29, 0.717) is 11.4 Å². The molecule has 13 heavy (non-hydrogen) atoms. The maximum Gasteiger partial charge on any atom is 0.267 e. The number of nitrogen functional groups attached to an aromatic ring is 1. The van der Waals surface area contributed by atoms with Gasteiger partial charge in [-0.05, 0) is 12.0 Å². The smallest absolute Gasteiger partial charge is 0.267 e. The Morgan fingerprint density at radius 1 is 1.62 bits per heavy atom. The van der Waals surface area contributed by atoms with Crippen molar-refractivity contribution in [2.75, 3.05) is 5.73 Å². The number of primary amides is 1. The zero-order valence-corrected chi connectivity index (χ0v) is 8.00. The van der Waals surface area contributed by atoms with Gasteiger partial charge >= 0.3 is 0 Å². The van der Waals surface area contributed by atoms with Crippen LogP contribution < -0.4 is 11.5 Å². The van der Waals surface area contributed by atoms with Gasteiger partial charge in [-0.3, -0.25) is 4.79 Å². The summed E-state index contributed by atoms with van der Waals surface area (Å²) in [6.45, 7) is 2.07. The minimum absolute atomic E-state index is 0.406. The summed E-state index contributed by atoms with van der Waals surface area (Å²) in [6, 6.07) is 0. The standard InChI is InChI=1S/C9H15N3O/c1-3-4-6-5-12(2)8(7(6)10)9(11)13/h5H,3-4,10H2,1-2H3,(H2,11,13). The molecule has 0 radical (unpaired) electrons. The average molecular weight is 181 g/mol. The summed E-state index contributed by atoms with van der Waals surface area (Å²) in [5.41, 5.74) is 12.9. The minimum atomic E-state index is -0.470. The first kappa shape index (κ1) is 9.64. The first-order chi connectivity index (χ1) is 6.07. The van der Waals surface area contributed by atoms with E-state index in [0.717, 1.165) is 18.4 Å². The van der Waals surface area contributed by atoms with Crippen molar-refractivity contribution in [1.82, 2.24) is 4.57 Å². The molecule has 1 aromatic rings. The summed E-state index contributed by atoms with van der Waals surface area (Å²) in [5.74, 6) is -0.470. The Balaban J connectivity index is 3.14. The van der Waals surface area contributed by atoms with Gasteiger partial charge in [-0.25, -0.2) is 0 Å². The molecule has 0 aliphatic carbocycles. The van der Waals surface area contributed by atoms with Crippen molar-refractivity contribution < 1.29 is 4.79 Å². The van der Waals surface area contributed by atoms with Crippen molar-refractivity contribution in [2.45, 2.75) is 19.8 Å². The summed E-state index contributed by atoms with van der Waals surface area (Å²) in [5, 5.41) is 0. The number of amides is 1. The van der Waals surface area contributed by atoms with Gasteiger partial charge in [0, 0.05) is 13.2 Å². The Kier molecular flexibility index (Phi) is 2.60. The van der Waals surface area contributed by atoms with Crippen molar-refractivity contribution >= 4 is 11.6 Å². The second kappa shape index (κ2) is 3.51. The summed E-state index contributed by atoms with van der Waals surface area (Å²) < 4.78 is 1.68. The highest BCUT2D eigenvalue weighted by molar-refractivity contribution is 5.97. The fourth-order valence-corrected chi connectivity index (χ4v) is 1.49. The van der Waals surface area contributed by atoms with Crippen LogP contribution >= 0.6 is 0 Å². The molecule has 1 amide bonds. The molecule has 1 heterocycles. The van der Waals surface area contributed by atoms with E-state index in [1.165, 1.54) is 0 Å². The summed E-state index contributed by atoms with van der Waals surface area (Å²) in [6.07, 6.45) is 3.75. The molecule has 0 aromatic carbocycles. The number of carbonyl (C=O) groups excluding carboxylic acids is 1. The van der Waals surface area contributed by atoms with Gasteiger partial charge in [0.25, 0.3) is 5.91 Å². The lowest BCUT2D eigenvalue weighted by Crippen LogP contribution is -2.16. The lowest BCUT2D eigenvalue weighted by Gasteiger charge is -1.98. The Hall–Kier alpha value is -1.45. The van der Waals surface area contributed by atoms with Crippen molar-refractivity contribution in [1.29, 1.82) is 0 Å². The first-order valence-electron chi connectivity index (χ1n) is 4.31. The molecule has 0 saturated carbocycles. The van der Waals surface area contributed by atoms with Gasteiger partial charge in [0.15, 0.2) is 0 Å². The molecule has 0 atom stereocenters. The topological polar surface area (TPSA) is 74.0 Å². The molecule has 1 rings (SSSR count). The van der Waals surface area contributed by atoms with Gasteiger partial charge in [-0.15, -0.1) is 0 Å². The Labute approximate surface area is 77.5 Å². The number of hydrogen-bond acceptors (Lipinski definition) is 2. The molecule has 4 nitrogen and oxygen atoms in total. The molecule has 0 aliphatic heterocycles. The van der Waals surface area contributed by atoms with Gasteiger partial charge in [0.1, 0.15) is 5.69 Å². The van der Waals surface area contributed by atoms with E-state index >= 15 is 0 Å². The number of rotatable bonds is 3. The zero-order chi connectivity index (χ0) is 10.0. The molecule has 0 spiro atoms. The lowest BCUT2D eigenvalue weighted by atomic mass is 10.1. The van der Waals surface area contributed by atoms with Gasteiger partial charge in [0.05, 0.1) is 5.69 Å². The highest BCUT2D eigenvalue weighted by Crippen LogP contribution is 2.20. The summed E-state index contributed by atoms with van der Waals surface area (Å²) in [4.78, 5) is 11.0. The van der Waals surface area contributed by atoms with Crippen LogP contribution in [0.15, 0.2) is 6.20 Å². The van der Waals surface area contributed by atoms with Gasteiger partial charge in [-0.2, -0.15) is 0 Å². The van der Waals surface area contributed by atoms with Crippen molar-refractivity contribution in [2.24, 2.45) is 12.8 Å². The largest absolute Gasteiger partial charge is 0.397 e. The molecule has 0 bridgehead atoms. The predicted molar refractivity (Wildman–Crippen MR) is 52.3 cm³/mol. The van der Waals surface area contributed by atoms with Gasteiger partial charge in [0.2, 0.25) is 0 Å². The number of nitrogens with zero attached hydrogens (tertiary/aromatic N) is 1. The maximum atomic E-state index is 11.0.